The number of nitrogens with two attached hydrogens (primary N) is 1. The molecule has 0 radical (unpaired) electrons. The Morgan fingerprint density at radius 1 is 1.28 bits per heavy atom. The van der Waals surface area contributed by atoms with E-state index in [0.29, 0.717) is 11.0 Å². The molecular weight excluding hydrogens is 246 g/mol. The largest absolute Gasteiger partial charge is 0.374 e. The van der Waals surface area contributed by atoms with Gasteiger partial charge < -0.3 is 5.73 Å². The molecule has 2 aromatic heterocycles. The summed E-state index contributed by atoms with van der Waals surface area (Å²) in [7, 11) is 0. The van der Waals surface area contributed by atoms with E-state index in [2.05, 4.69) is 26.5 Å². The first-order valence-corrected chi connectivity index (χ1v) is 6.70. The molecule has 1 fully saturated rings. The summed E-state index contributed by atoms with van der Waals surface area (Å²) >= 11 is 1.41. The number of hydrogen-bond acceptors (Lipinski definition) is 5. The van der Waals surface area contributed by atoms with Crippen molar-refractivity contribution >= 4 is 27.4 Å². The molecule has 5 nitrogen and oxygen atoms in total. The van der Waals surface area contributed by atoms with Crippen molar-refractivity contribution in [3.8, 4) is 10.6 Å². The quantitative estimate of drug-likeness (QED) is 0.739. The van der Waals surface area contributed by atoms with Gasteiger partial charge in [0.05, 0.1) is 5.52 Å². The Balaban J connectivity index is 1.89. The van der Waals surface area contributed by atoms with Gasteiger partial charge in [-0.25, -0.2) is 0 Å². The van der Waals surface area contributed by atoms with Crippen LogP contribution < -0.4 is 5.73 Å². The van der Waals surface area contributed by atoms with Gasteiger partial charge >= 0.3 is 0 Å². The van der Waals surface area contributed by atoms with Crippen LogP contribution in [-0.4, -0.2) is 20.4 Å². The number of anilines is 1. The van der Waals surface area contributed by atoms with Crippen molar-refractivity contribution in [2.24, 2.45) is 0 Å². The van der Waals surface area contributed by atoms with E-state index in [0.717, 1.165) is 16.1 Å². The van der Waals surface area contributed by atoms with Crippen LogP contribution in [0.4, 0.5) is 5.13 Å². The van der Waals surface area contributed by atoms with E-state index in [-0.39, 0.29) is 0 Å². The molecule has 2 heterocycles. The Morgan fingerprint density at radius 3 is 2.89 bits per heavy atom. The number of benzene rings is 1. The lowest BCUT2D eigenvalue weighted by Crippen LogP contribution is -1.81. The number of fused-ring (bicyclic) bond motifs is 1. The number of hydrogen-bond donors (Lipinski definition) is 2. The van der Waals surface area contributed by atoms with Crippen molar-refractivity contribution in [3.63, 3.8) is 0 Å². The van der Waals surface area contributed by atoms with Crippen LogP contribution in [0.3, 0.4) is 0 Å². The molecule has 1 aliphatic rings. The number of rotatable bonds is 2. The third-order valence-electron chi connectivity index (χ3n) is 3.26. The van der Waals surface area contributed by atoms with Crippen molar-refractivity contribution in [2.45, 2.75) is 18.8 Å². The van der Waals surface area contributed by atoms with Gasteiger partial charge in [-0.15, -0.1) is 10.2 Å². The minimum Gasteiger partial charge on any atom is -0.374 e. The Bertz CT molecular complexity index is 725. The van der Waals surface area contributed by atoms with E-state index in [1.165, 1.54) is 35.3 Å². The molecule has 3 N–H and O–H groups in total. The van der Waals surface area contributed by atoms with E-state index in [1.807, 2.05) is 12.1 Å². The molecule has 1 saturated carbocycles. The summed E-state index contributed by atoms with van der Waals surface area (Å²) < 4.78 is 0. The molecule has 0 spiro atoms. The van der Waals surface area contributed by atoms with E-state index in [1.54, 1.807) is 0 Å². The molecule has 4 rings (SSSR count). The summed E-state index contributed by atoms with van der Waals surface area (Å²) in [5, 5.41) is 18.0. The smallest absolute Gasteiger partial charge is 0.203 e. The SMILES string of the molecule is Nc1nnc(-c2ccc3n[nH]c(C4CC4)c3c2)s1. The van der Waals surface area contributed by atoms with Gasteiger partial charge in [-0.2, -0.15) is 5.10 Å². The fraction of sp³-hybridized carbons (Fsp3) is 0.250. The van der Waals surface area contributed by atoms with Crippen LogP contribution in [0, 0.1) is 0 Å². The third kappa shape index (κ3) is 1.49. The minimum absolute atomic E-state index is 0.500. The highest BCUT2D eigenvalue weighted by Crippen LogP contribution is 2.42. The summed E-state index contributed by atoms with van der Waals surface area (Å²) in [6, 6.07) is 6.16. The number of H-pyrrole nitrogens is 1. The van der Waals surface area contributed by atoms with Gasteiger partial charge in [-0.3, -0.25) is 5.10 Å². The molecule has 0 aliphatic heterocycles. The highest BCUT2D eigenvalue weighted by molar-refractivity contribution is 7.18. The zero-order valence-corrected chi connectivity index (χ0v) is 10.4. The van der Waals surface area contributed by atoms with Gasteiger partial charge in [0.1, 0.15) is 5.01 Å². The van der Waals surface area contributed by atoms with Gasteiger partial charge in [0.25, 0.3) is 0 Å². The van der Waals surface area contributed by atoms with E-state index in [4.69, 9.17) is 5.73 Å². The van der Waals surface area contributed by atoms with Crippen LogP contribution in [0.1, 0.15) is 24.5 Å². The minimum atomic E-state index is 0.500. The normalized spacial score (nSPS) is 15.3. The van der Waals surface area contributed by atoms with E-state index < -0.39 is 0 Å². The van der Waals surface area contributed by atoms with Crippen LogP contribution in [0.25, 0.3) is 21.5 Å². The Morgan fingerprint density at radius 2 is 2.17 bits per heavy atom. The van der Waals surface area contributed by atoms with Gasteiger partial charge in [-0.05, 0) is 31.0 Å². The molecule has 0 atom stereocenters. The third-order valence-corrected chi connectivity index (χ3v) is 4.06. The van der Waals surface area contributed by atoms with E-state index in [9.17, 15) is 0 Å². The lowest BCUT2D eigenvalue weighted by molar-refractivity contribution is 0.978. The molecule has 0 unspecified atom stereocenters. The second kappa shape index (κ2) is 3.52. The monoisotopic (exact) mass is 257 g/mol. The topological polar surface area (TPSA) is 80.5 Å². The highest BCUT2D eigenvalue weighted by atomic mass is 32.1. The van der Waals surface area contributed by atoms with Crippen LogP contribution in [-0.2, 0) is 0 Å². The average Bonchev–Trinajstić information content (AvgIpc) is 2.99. The molecule has 6 heteroatoms. The first-order chi connectivity index (χ1) is 8.81. The zero-order chi connectivity index (χ0) is 12.1. The number of aromatic amines is 1. The van der Waals surface area contributed by atoms with Crippen LogP contribution in [0.5, 0.6) is 0 Å². The summed E-state index contributed by atoms with van der Waals surface area (Å²) in [6.07, 6.45) is 2.51. The summed E-state index contributed by atoms with van der Waals surface area (Å²) in [5.74, 6) is 0.657. The first-order valence-electron chi connectivity index (χ1n) is 5.88. The Hall–Kier alpha value is -1.95. The number of nitrogen functional groups attached to an aromatic ring is 1. The van der Waals surface area contributed by atoms with Gasteiger partial charge in [0, 0.05) is 22.6 Å². The van der Waals surface area contributed by atoms with Crippen LogP contribution in [0.2, 0.25) is 0 Å². The molecular formula is C12H11N5S. The Labute approximate surface area is 107 Å². The second-order valence-corrected chi connectivity index (χ2v) is 5.60. The molecule has 0 amide bonds. The first kappa shape index (κ1) is 10.0. The maximum atomic E-state index is 5.62. The fourth-order valence-electron chi connectivity index (χ4n) is 2.20. The predicted molar refractivity (Wildman–Crippen MR) is 71.4 cm³/mol. The molecule has 18 heavy (non-hydrogen) atoms. The van der Waals surface area contributed by atoms with E-state index >= 15 is 0 Å². The molecule has 1 aromatic carbocycles. The molecule has 0 saturated heterocycles. The highest BCUT2D eigenvalue weighted by Gasteiger charge is 2.27. The number of nitrogens with one attached hydrogen (secondary N) is 1. The lowest BCUT2D eigenvalue weighted by Gasteiger charge is -1.97. The number of aromatic nitrogens is 4. The van der Waals surface area contributed by atoms with Crippen molar-refractivity contribution in [1.29, 1.82) is 0 Å². The predicted octanol–water partition coefficient (Wildman–Crippen LogP) is 2.54. The van der Waals surface area contributed by atoms with Crippen LogP contribution in [0.15, 0.2) is 18.2 Å². The lowest BCUT2D eigenvalue weighted by atomic mass is 10.1. The summed E-state index contributed by atoms with van der Waals surface area (Å²) in [4.78, 5) is 0. The maximum absolute atomic E-state index is 5.62. The summed E-state index contributed by atoms with van der Waals surface area (Å²) in [5.41, 5.74) is 8.94. The molecule has 90 valence electrons. The van der Waals surface area contributed by atoms with Crippen molar-refractivity contribution in [2.75, 3.05) is 5.73 Å². The van der Waals surface area contributed by atoms with Gasteiger partial charge in [-0.1, -0.05) is 11.3 Å². The average molecular weight is 257 g/mol. The Kier molecular flexibility index (Phi) is 1.96. The van der Waals surface area contributed by atoms with Crippen molar-refractivity contribution < 1.29 is 0 Å². The van der Waals surface area contributed by atoms with Crippen molar-refractivity contribution in [1.82, 2.24) is 20.4 Å². The van der Waals surface area contributed by atoms with Crippen LogP contribution >= 0.6 is 11.3 Å². The molecule has 1 aliphatic carbocycles. The van der Waals surface area contributed by atoms with Gasteiger partial charge in [0.2, 0.25) is 5.13 Å². The standard InChI is InChI=1S/C12H11N5S/c13-12-17-16-11(18-12)7-3-4-9-8(5-7)10(15-14-9)6-1-2-6/h3-6H,1-2H2,(H2,13,17)(H,14,15). The molecule has 3 aromatic rings. The summed E-state index contributed by atoms with van der Waals surface area (Å²) in [6.45, 7) is 0. The molecule has 0 bridgehead atoms. The second-order valence-electron chi connectivity index (χ2n) is 4.59. The number of nitrogens with zero attached hydrogens (tertiary/aromatic N) is 3. The maximum Gasteiger partial charge on any atom is 0.203 e. The van der Waals surface area contributed by atoms with Gasteiger partial charge in [0.15, 0.2) is 0 Å². The fourth-order valence-corrected chi connectivity index (χ4v) is 2.80. The van der Waals surface area contributed by atoms with Crippen molar-refractivity contribution in [3.05, 3.63) is 23.9 Å². The zero-order valence-electron chi connectivity index (χ0n) is 9.55.